The van der Waals surface area contributed by atoms with Crippen LogP contribution in [0, 0.1) is 0 Å². The Kier molecular flexibility index (Phi) is 4.37. The van der Waals surface area contributed by atoms with Gasteiger partial charge in [0, 0.05) is 5.56 Å². The van der Waals surface area contributed by atoms with E-state index in [9.17, 15) is 13.2 Å². The van der Waals surface area contributed by atoms with Crippen LogP contribution < -0.4 is 5.43 Å². The maximum Gasteiger partial charge on any atom is 0.416 e. The van der Waals surface area contributed by atoms with E-state index >= 15 is 0 Å². The van der Waals surface area contributed by atoms with Gasteiger partial charge in [-0.1, -0.05) is 30.3 Å². The lowest BCUT2D eigenvalue weighted by Crippen LogP contribution is -2.07. The first-order chi connectivity index (χ1) is 11.0. The van der Waals surface area contributed by atoms with Crippen molar-refractivity contribution in [3.8, 4) is 0 Å². The lowest BCUT2D eigenvalue weighted by Gasteiger charge is -2.10. The Morgan fingerprint density at radius 1 is 0.913 bits per heavy atom. The minimum atomic E-state index is -4.35. The number of halogens is 3. The SMILES string of the molecule is FC(F)(F)c1cccc(NN=C2CCCCc3ccccc32)c1. The van der Waals surface area contributed by atoms with Gasteiger partial charge in [0.15, 0.2) is 0 Å². The van der Waals surface area contributed by atoms with Crippen molar-refractivity contribution >= 4 is 11.4 Å². The van der Waals surface area contributed by atoms with Crippen LogP contribution in [0.1, 0.15) is 36.0 Å². The second kappa shape index (κ2) is 6.44. The predicted octanol–water partition coefficient (Wildman–Crippen LogP) is 5.25. The summed E-state index contributed by atoms with van der Waals surface area (Å²) in [4.78, 5) is 0. The molecule has 0 atom stereocenters. The van der Waals surface area contributed by atoms with E-state index in [0.29, 0.717) is 5.69 Å². The summed E-state index contributed by atoms with van der Waals surface area (Å²) in [6.45, 7) is 0. The van der Waals surface area contributed by atoms with Crippen molar-refractivity contribution in [3.63, 3.8) is 0 Å². The fraction of sp³-hybridized carbons (Fsp3) is 0.278. The van der Waals surface area contributed by atoms with Crippen molar-refractivity contribution in [3.05, 3.63) is 65.2 Å². The molecular formula is C18H17F3N2. The van der Waals surface area contributed by atoms with E-state index in [0.717, 1.165) is 49.1 Å². The Hall–Kier alpha value is -2.30. The number of anilines is 1. The number of nitrogens with zero attached hydrogens (tertiary/aromatic N) is 1. The number of fused-ring (bicyclic) bond motifs is 1. The van der Waals surface area contributed by atoms with Gasteiger partial charge in [0.25, 0.3) is 0 Å². The third-order valence-electron chi connectivity index (χ3n) is 3.95. The van der Waals surface area contributed by atoms with Gasteiger partial charge >= 0.3 is 6.18 Å². The Morgan fingerprint density at radius 2 is 1.70 bits per heavy atom. The van der Waals surface area contributed by atoms with E-state index in [1.807, 2.05) is 18.2 Å². The summed E-state index contributed by atoms with van der Waals surface area (Å²) < 4.78 is 38.3. The number of rotatable bonds is 2. The number of hydrogen-bond donors (Lipinski definition) is 1. The number of aryl methyl sites for hydroxylation is 1. The van der Waals surface area contributed by atoms with Crippen LogP contribution in [0.25, 0.3) is 0 Å². The summed E-state index contributed by atoms with van der Waals surface area (Å²) in [7, 11) is 0. The number of hydrogen-bond acceptors (Lipinski definition) is 2. The van der Waals surface area contributed by atoms with Crippen LogP contribution in [-0.4, -0.2) is 5.71 Å². The molecule has 0 fully saturated rings. The van der Waals surface area contributed by atoms with Crippen LogP contribution in [0.4, 0.5) is 18.9 Å². The lowest BCUT2D eigenvalue weighted by atomic mass is 10.0. The van der Waals surface area contributed by atoms with Crippen LogP contribution >= 0.6 is 0 Å². The molecule has 0 bridgehead atoms. The zero-order valence-electron chi connectivity index (χ0n) is 12.5. The minimum Gasteiger partial charge on any atom is -0.278 e. The first-order valence-corrected chi connectivity index (χ1v) is 7.62. The summed E-state index contributed by atoms with van der Waals surface area (Å²) in [5.41, 5.74) is 5.68. The predicted molar refractivity (Wildman–Crippen MR) is 85.6 cm³/mol. The standard InChI is InChI=1S/C18H17F3N2/c19-18(20,21)14-8-5-9-15(12-14)22-23-17-11-4-2-7-13-6-1-3-10-16(13)17/h1,3,5-6,8-10,12,22H,2,4,7,11H2. The first kappa shape index (κ1) is 15.6. The van der Waals surface area contributed by atoms with Crippen molar-refractivity contribution in [2.24, 2.45) is 5.10 Å². The largest absolute Gasteiger partial charge is 0.416 e. The second-order valence-corrected chi connectivity index (χ2v) is 5.61. The van der Waals surface area contributed by atoms with Gasteiger partial charge in [-0.3, -0.25) is 5.43 Å². The van der Waals surface area contributed by atoms with Gasteiger partial charge < -0.3 is 0 Å². The highest BCUT2D eigenvalue weighted by Gasteiger charge is 2.30. The summed E-state index contributed by atoms with van der Waals surface area (Å²) in [5, 5.41) is 4.38. The van der Waals surface area contributed by atoms with Crippen molar-refractivity contribution < 1.29 is 13.2 Å². The van der Waals surface area contributed by atoms with Crippen LogP contribution in [0.3, 0.4) is 0 Å². The molecule has 3 rings (SSSR count). The van der Waals surface area contributed by atoms with E-state index in [2.05, 4.69) is 16.6 Å². The smallest absolute Gasteiger partial charge is 0.278 e. The van der Waals surface area contributed by atoms with Crippen molar-refractivity contribution in [2.75, 3.05) is 5.43 Å². The molecule has 0 spiro atoms. The third-order valence-corrected chi connectivity index (χ3v) is 3.95. The van der Waals surface area contributed by atoms with Gasteiger partial charge in [0.1, 0.15) is 0 Å². The Balaban J connectivity index is 1.86. The summed E-state index contributed by atoms with van der Waals surface area (Å²) in [6, 6.07) is 13.2. The maximum atomic E-state index is 12.8. The molecule has 2 nitrogen and oxygen atoms in total. The molecule has 0 aromatic heterocycles. The topological polar surface area (TPSA) is 24.4 Å². The molecule has 0 radical (unpaired) electrons. The zero-order chi connectivity index (χ0) is 16.3. The molecule has 120 valence electrons. The number of nitrogens with one attached hydrogen (secondary N) is 1. The van der Waals surface area contributed by atoms with E-state index in [1.54, 1.807) is 6.07 Å². The number of alkyl halides is 3. The van der Waals surface area contributed by atoms with Gasteiger partial charge in [-0.05, 0) is 49.4 Å². The van der Waals surface area contributed by atoms with E-state index in [-0.39, 0.29) is 0 Å². The van der Waals surface area contributed by atoms with Gasteiger partial charge in [0.05, 0.1) is 17.0 Å². The third kappa shape index (κ3) is 3.73. The molecule has 0 heterocycles. The molecule has 2 aromatic carbocycles. The average Bonchev–Trinajstić information content (AvgIpc) is 2.75. The fourth-order valence-corrected chi connectivity index (χ4v) is 2.78. The maximum absolute atomic E-state index is 12.8. The molecule has 0 saturated heterocycles. The van der Waals surface area contributed by atoms with Crippen molar-refractivity contribution in [2.45, 2.75) is 31.9 Å². The molecular weight excluding hydrogens is 301 g/mol. The van der Waals surface area contributed by atoms with Crippen molar-refractivity contribution in [1.29, 1.82) is 0 Å². The molecule has 5 heteroatoms. The van der Waals surface area contributed by atoms with Gasteiger partial charge in [0.2, 0.25) is 0 Å². The quantitative estimate of drug-likeness (QED) is 0.593. The molecule has 1 aliphatic carbocycles. The molecule has 0 aliphatic heterocycles. The molecule has 1 aliphatic rings. The molecule has 23 heavy (non-hydrogen) atoms. The fourth-order valence-electron chi connectivity index (χ4n) is 2.78. The van der Waals surface area contributed by atoms with Crippen LogP contribution in [0.15, 0.2) is 53.6 Å². The molecule has 1 N–H and O–H groups in total. The first-order valence-electron chi connectivity index (χ1n) is 7.62. The molecule has 0 amide bonds. The normalized spacial score (nSPS) is 16.7. The van der Waals surface area contributed by atoms with Gasteiger partial charge in [-0.15, -0.1) is 0 Å². The number of hydrazone groups is 1. The monoisotopic (exact) mass is 318 g/mol. The molecule has 2 aromatic rings. The van der Waals surface area contributed by atoms with E-state index < -0.39 is 11.7 Å². The summed E-state index contributed by atoms with van der Waals surface area (Å²) in [5.74, 6) is 0. The summed E-state index contributed by atoms with van der Waals surface area (Å²) in [6.07, 6.45) is -0.390. The van der Waals surface area contributed by atoms with E-state index in [1.165, 1.54) is 11.6 Å². The highest BCUT2D eigenvalue weighted by atomic mass is 19.4. The Morgan fingerprint density at radius 3 is 2.52 bits per heavy atom. The highest BCUT2D eigenvalue weighted by molar-refractivity contribution is 6.02. The van der Waals surface area contributed by atoms with Crippen molar-refractivity contribution in [1.82, 2.24) is 0 Å². The molecule has 0 saturated carbocycles. The van der Waals surface area contributed by atoms with E-state index in [4.69, 9.17) is 0 Å². The lowest BCUT2D eigenvalue weighted by molar-refractivity contribution is -0.137. The van der Waals surface area contributed by atoms with Crippen LogP contribution in [0.5, 0.6) is 0 Å². The highest BCUT2D eigenvalue weighted by Crippen LogP contribution is 2.30. The zero-order valence-corrected chi connectivity index (χ0v) is 12.5. The number of benzene rings is 2. The summed E-state index contributed by atoms with van der Waals surface area (Å²) >= 11 is 0. The average molecular weight is 318 g/mol. The van der Waals surface area contributed by atoms with Crippen LogP contribution in [-0.2, 0) is 12.6 Å². The van der Waals surface area contributed by atoms with Gasteiger partial charge in [-0.2, -0.15) is 18.3 Å². The minimum absolute atomic E-state index is 0.342. The Bertz CT molecular complexity index is 720. The Labute approximate surface area is 133 Å². The second-order valence-electron chi connectivity index (χ2n) is 5.61. The van der Waals surface area contributed by atoms with Gasteiger partial charge in [-0.25, -0.2) is 0 Å². The molecule has 0 unspecified atom stereocenters. The van der Waals surface area contributed by atoms with Crippen LogP contribution in [0.2, 0.25) is 0 Å².